The van der Waals surface area contributed by atoms with Crippen LogP contribution in [0.15, 0.2) is 46.3 Å². The van der Waals surface area contributed by atoms with Crippen molar-refractivity contribution in [2.45, 2.75) is 18.1 Å². The van der Waals surface area contributed by atoms with Gasteiger partial charge in [-0.3, -0.25) is 0 Å². The van der Waals surface area contributed by atoms with Gasteiger partial charge in [0.15, 0.2) is 5.16 Å². The normalized spacial score (nSPS) is 17.2. The highest BCUT2D eigenvalue weighted by Gasteiger charge is 2.34. The van der Waals surface area contributed by atoms with Gasteiger partial charge in [-0.05, 0) is 18.4 Å². The number of urea groups is 1. The molecule has 2 aromatic rings. The Kier molecular flexibility index (Phi) is 5.44. The lowest BCUT2D eigenvalue weighted by Gasteiger charge is -2.28. The van der Waals surface area contributed by atoms with Gasteiger partial charge in [-0.15, -0.1) is 11.3 Å². The lowest BCUT2D eigenvalue weighted by atomic mass is 10.0. The van der Waals surface area contributed by atoms with E-state index in [1.807, 2.05) is 35.3 Å². The van der Waals surface area contributed by atoms with Gasteiger partial charge in [0.25, 0.3) is 0 Å². The van der Waals surface area contributed by atoms with E-state index in [4.69, 9.17) is 4.74 Å². The smallest absolute Gasteiger partial charge is 0.338 e. The fourth-order valence-electron chi connectivity index (χ4n) is 2.48. The minimum absolute atomic E-state index is 0.271. The second-order valence-electron chi connectivity index (χ2n) is 5.27. The van der Waals surface area contributed by atoms with Gasteiger partial charge in [0.1, 0.15) is 0 Å². The van der Waals surface area contributed by atoms with Gasteiger partial charge in [0.05, 0.1) is 18.2 Å². The number of hydrogen-bond acceptors (Lipinski definition) is 6. The standard InChI is InChI=1S/C16H18N4O3S2/c1-3-23-14(21)12-10(9-25-16-17-6-7-20(16)2)18-15(22)19-13(12)11-5-4-8-24-11/h4-8,13H,3,9H2,1-2H3,(H2,18,19,22)/t13-/m0/s1. The van der Waals surface area contributed by atoms with Crippen LogP contribution in [0, 0.1) is 0 Å². The van der Waals surface area contributed by atoms with E-state index in [1.54, 1.807) is 13.1 Å². The van der Waals surface area contributed by atoms with Gasteiger partial charge in [-0.2, -0.15) is 0 Å². The Morgan fingerprint density at radius 2 is 2.36 bits per heavy atom. The Morgan fingerprint density at radius 3 is 3.00 bits per heavy atom. The number of carbonyl (C=O) groups excluding carboxylic acids is 2. The van der Waals surface area contributed by atoms with Gasteiger partial charge in [-0.25, -0.2) is 14.6 Å². The molecular formula is C16H18N4O3S2. The van der Waals surface area contributed by atoms with E-state index in [0.29, 0.717) is 17.0 Å². The minimum atomic E-state index is -0.509. The zero-order valence-corrected chi connectivity index (χ0v) is 15.4. The van der Waals surface area contributed by atoms with Crippen molar-refractivity contribution in [1.29, 1.82) is 0 Å². The molecular weight excluding hydrogens is 360 g/mol. The number of imidazole rings is 1. The van der Waals surface area contributed by atoms with Gasteiger partial charge in [0, 0.05) is 35.8 Å². The number of nitrogens with one attached hydrogen (secondary N) is 2. The summed E-state index contributed by atoms with van der Waals surface area (Å²) in [5.41, 5.74) is 0.985. The van der Waals surface area contributed by atoms with E-state index >= 15 is 0 Å². The van der Waals surface area contributed by atoms with E-state index in [-0.39, 0.29) is 12.6 Å². The lowest BCUT2D eigenvalue weighted by molar-refractivity contribution is -0.139. The summed E-state index contributed by atoms with van der Waals surface area (Å²) in [5.74, 6) is -0.0160. The summed E-state index contributed by atoms with van der Waals surface area (Å²) in [6, 6.07) is 2.94. The van der Waals surface area contributed by atoms with Crippen molar-refractivity contribution in [2.24, 2.45) is 7.05 Å². The van der Waals surface area contributed by atoms with E-state index in [0.717, 1.165) is 10.0 Å². The molecule has 9 heteroatoms. The minimum Gasteiger partial charge on any atom is -0.463 e. The summed E-state index contributed by atoms with van der Waals surface area (Å²) < 4.78 is 7.11. The Balaban J connectivity index is 1.94. The number of hydrogen-bond donors (Lipinski definition) is 2. The quantitative estimate of drug-likeness (QED) is 0.596. The highest BCUT2D eigenvalue weighted by atomic mass is 32.2. The van der Waals surface area contributed by atoms with Crippen LogP contribution in [-0.2, 0) is 16.6 Å². The summed E-state index contributed by atoms with van der Waals surface area (Å²) in [4.78, 5) is 29.8. The summed E-state index contributed by atoms with van der Waals surface area (Å²) in [6.45, 7) is 2.03. The van der Waals surface area contributed by atoms with Crippen molar-refractivity contribution >= 4 is 35.1 Å². The van der Waals surface area contributed by atoms with Crippen LogP contribution in [0.25, 0.3) is 0 Å². The topological polar surface area (TPSA) is 85.2 Å². The molecule has 2 aromatic heterocycles. The summed E-state index contributed by atoms with van der Waals surface area (Å²) >= 11 is 2.93. The number of aryl methyl sites for hydroxylation is 1. The van der Waals surface area contributed by atoms with Crippen LogP contribution in [-0.4, -0.2) is 33.9 Å². The monoisotopic (exact) mass is 378 g/mol. The number of rotatable bonds is 6. The molecule has 0 aliphatic carbocycles. The molecule has 2 N–H and O–H groups in total. The van der Waals surface area contributed by atoms with Crippen molar-refractivity contribution in [3.8, 4) is 0 Å². The van der Waals surface area contributed by atoms with Crippen molar-refractivity contribution in [2.75, 3.05) is 12.4 Å². The van der Waals surface area contributed by atoms with Crippen LogP contribution in [0.5, 0.6) is 0 Å². The predicted molar refractivity (Wildman–Crippen MR) is 96.3 cm³/mol. The molecule has 25 heavy (non-hydrogen) atoms. The Morgan fingerprint density at radius 1 is 1.52 bits per heavy atom. The van der Waals surface area contributed by atoms with E-state index in [9.17, 15) is 9.59 Å². The molecule has 3 rings (SSSR count). The largest absolute Gasteiger partial charge is 0.463 e. The highest BCUT2D eigenvalue weighted by molar-refractivity contribution is 7.99. The average Bonchev–Trinajstić information content (AvgIpc) is 3.24. The Hall–Kier alpha value is -2.26. The molecule has 0 spiro atoms. The maximum Gasteiger partial charge on any atom is 0.338 e. The van der Waals surface area contributed by atoms with Crippen molar-refractivity contribution in [3.05, 3.63) is 46.1 Å². The van der Waals surface area contributed by atoms with Gasteiger partial charge >= 0.3 is 12.0 Å². The second kappa shape index (κ2) is 7.75. The molecule has 0 unspecified atom stereocenters. The second-order valence-corrected chi connectivity index (χ2v) is 7.19. The van der Waals surface area contributed by atoms with Gasteiger partial charge in [0.2, 0.25) is 0 Å². The molecule has 2 amide bonds. The van der Waals surface area contributed by atoms with E-state index < -0.39 is 12.0 Å². The molecule has 7 nitrogen and oxygen atoms in total. The summed E-state index contributed by atoms with van der Waals surface area (Å²) in [7, 11) is 1.89. The SMILES string of the molecule is CCOC(=O)C1=C(CSc2nccn2C)NC(=O)N[C@H]1c1cccs1. The molecule has 1 atom stereocenters. The third-order valence-corrected chi connectivity index (χ3v) is 5.62. The first-order valence-electron chi connectivity index (χ1n) is 7.71. The molecule has 1 aliphatic rings. The van der Waals surface area contributed by atoms with Crippen molar-refractivity contribution < 1.29 is 14.3 Å². The number of nitrogens with zero attached hydrogens (tertiary/aromatic N) is 2. The van der Waals surface area contributed by atoms with Crippen LogP contribution >= 0.6 is 23.1 Å². The van der Waals surface area contributed by atoms with Crippen LogP contribution < -0.4 is 10.6 Å². The third kappa shape index (κ3) is 3.88. The molecule has 1 aliphatic heterocycles. The number of thioether (sulfide) groups is 1. The van der Waals surface area contributed by atoms with Crippen LogP contribution in [0.2, 0.25) is 0 Å². The van der Waals surface area contributed by atoms with E-state index in [1.165, 1.54) is 23.1 Å². The molecule has 0 radical (unpaired) electrons. The first-order valence-corrected chi connectivity index (χ1v) is 9.58. The molecule has 3 heterocycles. The molecule has 132 valence electrons. The molecule has 0 bridgehead atoms. The number of amides is 2. The number of ether oxygens (including phenoxy) is 1. The number of esters is 1. The molecule has 0 saturated heterocycles. The number of carbonyl (C=O) groups is 2. The molecule has 0 fully saturated rings. The maximum atomic E-state index is 12.6. The average molecular weight is 378 g/mol. The van der Waals surface area contributed by atoms with Gasteiger partial charge < -0.3 is 19.9 Å². The van der Waals surface area contributed by atoms with Crippen molar-refractivity contribution in [3.63, 3.8) is 0 Å². The first-order chi connectivity index (χ1) is 12.1. The zero-order chi connectivity index (χ0) is 17.8. The fourth-order valence-corrected chi connectivity index (χ4v) is 4.16. The fraction of sp³-hybridized carbons (Fsp3) is 0.312. The summed E-state index contributed by atoms with van der Waals surface area (Å²) in [5, 5.41) is 8.28. The summed E-state index contributed by atoms with van der Waals surface area (Å²) in [6.07, 6.45) is 3.55. The van der Waals surface area contributed by atoms with Crippen molar-refractivity contribution in [1.82, 2.24) is 20.2 Å². The van der Waals surface area contributed by atoms with Crippen LogP contribution in [0.3, 0.4) is 0 Å². The zero-order valence-electron chi connectivity index (χ0n) is 13.8. The van der Waals surface area contributed by atoms with Crippen LogP contribution in [0.4, 0.5) is 4.79 Å². The third-order valence-electron chi connectivity index (χ3n) is 3.60. The molecule has 0 aromatic carbocycles. The highest BCUT2D eigenvalue weighted by Crippen LogP contribution is 2.32. The lowest BCUT2D eigenvalue weighted by Crippen LogP contribution is -2.46. The van der Waals surface area contributed by atoms with E-state index in [2.05, 4.69) is 15.6 Å². The van der Waals surface area contributed by atoms with Gasteiger partial charge in [-0.1, -0.05) is 17.8 Å². The Bertz CT molecular complexity index is 798. The number of aromatic nitrogens is 2. The Labute approximate surface area is 153 Å². The van der Waals surface area contributed by atoms with Crippen LogP contribution in [0.1, 0.15) is 17.8 Å². The number of thiophene rings is 1. The predicted octanol–water partition coefficient (Wildman–Crippen LogP) is 2.45. The maximum absolute atomic E-state index is 12.6. The first kappa shape index (κ1) is 17.6. The molecule has 0 saturated carbocycles.